The molecular weight excluding hydrogens is 103 g/mol. The molecule has 6 heavy (non-hydrogen) atoms. The minimum absolute atomic E-state index is 0. The molecule has 0 amide bonds. The van der Waals surface area contributed by atoms with E-state index < -0.39 is 0 Å². The van der Waals surface area contributed by atoms with Crippen LogP contribution < -0.4 is 11.0 Å². The van der Waals surface area contributed by atoms with Crippen LogP contribution in [0.1, 0.15) is 0 Å². The predicted octanol–water partition coefficient (Wildman–Crippen LogP) is -0.159. The van der Waals surface area contributed by atoms with E-state index in [1.807, 2.05) is 0 Å². The van der Waals surface area contributed by atoms with Gasteiger partial charge in [0.25, 0.3) is 0 Å². The molecule has 5 heteroatoms. The van der Waals surface area contributed by atoms with Gasteiger partial charge in [0.15, 0.2) is 0 Å². The summed E-state index contributed by atoms with van der Waals surface area (Å²) in [7, 11) is 0. The van der Waals surface area contributed by atoms with E-state index in [1.165, 1.54) is 0 Å². The van der Waals surface area contributed by atoms with Gasteiger partial charge in [0.1, 0.15) is 6.67 Å². The van der Waals surface area contributed by atoms with Gasteiger partial charge in [-0.3, -0.25) is 0 Å². The highest BCUT2D eigenvalue weighted by atomic mass is 35.5. The number of hydrogen-bond donors (Lipinski definition) is 2. The first-order valence-corrected chi connectivity index (χ1v) is 1.34. The summed E-state index contributed by atoms with van der Waals surface area (Å²) in [4.78, 5) is 0. The van der Waals surface area contributed by atoms with Gasteiger partial charge < -0.3 is 0 Å². The Kier molecular flexibility index (Phi) is 2.70. The zero-order valence-corrected chi connectivity index (χ0v) is 3.83. The lowest BCUT2D eigenvalue weighted by atomic mass is 11.2. The zero-order valence-electron chi connectivity index (χ0n) is 3.01. The number of nitrogens with one attached hydrogen (secondary N) is 2. The number of rotatable bonds is 0. The molecule has 0 saturated heterocycles. The first-order chi connectivity index (χ1) is 2.50. The lowest BCUT2D eigenvalue weighted by molar-refractivity contribution is 0.651. The normalized spacial score (nSPS) is 16.0. The molecule has 36 valence electrons. The number of nitrogens with zero attached hydrogens (tertiary/aromatic N) is 2. The average Bonchev–Trinajstić information content (AvgIpc) is 1.76. The predicted molar refractivity (Wildman–Crippen MR) is 23.2 cm³/mol. The molecule has 4 nitrogen and oxygen atoms in total. The highest BCUT2D eigenvalue weighted by Crippen LogP contribution is 1.68. The van der Waals surface area contributed by atoms with Crippen molar-refractivity contribution in [2.45, 2.75) is 0 Å². The third kappa shape index (κ3) is 1.19. The Morgan fingerprint density at radius 3 is 2.50 bits per heavy atom. The maximum Gasteiger partial charge on any atom is 0.130 e. The minimum atomic E-state index is 0. The van der Waals surface area contributed by atoms with Crippen LogP contribution in [0.25, 0.3) is 0 Å². The van der Waals surface area contributed by atoms with Gasteiger partial charge in [-0.1, -0.05) is 5.22 Å². The maximum atomic E-state index is 3.49. The van der Waals surface area contributed by atoms with Gasteiger partial charge in [0.2, 0.25) is 0 Å². The summed E-state index contributed by atoms with van der Waals surface area (Å²) in [6, 6.07) is 0. The Morgan fingerprint density at radius 1 is 1.50 bits per heavy atom. The molecule has 0 atom stereocenters. The van der Waals surface area contributed by atoms with Crippen molar-refractivity contribution in [3.05, 3.63) is 0 Å². The molecule has 0 saturated carbocycles. The second-order valence-corrected chi connectivity index (χ2v) is 0.688. The van der Waals surface area contributed by atoms with Gasteiger partial charge in [-0.15, -0.1) is 12.4 Å². The Hall–Kier alpha value is -0.350. The number of hydrogen-bond acceptors (Lipinski definition) is 4. The summed E-state index contributed by atoms with van der Waals surface area (Å²) in [5.74, 6) is 0. The summed E-state index contributed by atoms with van der Waals surface area (Å²) in [5.41, 5.74) is 5.07. The Balaban J connectivity index is 0.000000250. The Morgan fingerprint density at radius 2 is 2.33 bits per heavy atom. The fraction of sp³-hybridized carbons (Fsp3) is 1.00. The van der Waals surface area contributed by atoms with E-state index >= 15 is 0 Å². The van der Waals surface area contributed by atoms with Crippen LogP contribution in [0.2, 0.25) is 0 Å². The topological polar surface area (TPSA) is 48.8 Å². The SMILES string of the molecule is C1N=NNN1.Cl. The van der Waals surface area contributed by atoms with Crippen LogP contribution in [0.3, 0.4) is 0 Å². The summed E-state index contributed by atoms with van der Waals surface area (Å²) < 4.78 is 0. The molecule has 0 aromatic carbocycles. The third-order valence-electron chi connectivity index (χ3n) is 0.350. The third-order valence-corrected chi connectivity index (χ3v) is 0.350. The second kappa shape index (κ2) is 2.87. The average molecular weight is 109 g/mol. The Bertz CT molecular complexity index is 45.5. The first kappa shape index (κ1) is 5.65. The molecular formula is CH5ClN4. The largest absolute Gasteiger partial charge is 0.223 e. The fourth-order valence-electron chi connectivity index (χ4n) is 0.177. The molecule has 0 bridgehead atoms. The lowest BCUT2D eigenvalue weighted by Gasteiger charge is -1.77. The van der Waals surface area contributed by atoms with Crippen molar-refractivity contribution >= 4 is 12.4 Å². The molecule has 0 aromatic rings. The summed E-state index contributed by atoms with van der Waals surface area (Å²) in [5, 5.41) is 6.83. The molecule has 2 N–H and O–H groups in total. The van der Waals surface area contributed by atoms with E-state index in [1.54, 1.807) is 0 Å². The molecule has 0 spiro atoms. The lowest BCUT2D eigenvalue weighted by Crippen LogP contribution is -2.19. The van der Waals surface area contributed by atoms with Crippen LogP contribution in [0.4, 0.5) is 0 Å². The van der Waals surface area contributed by atoms with E-state index in [2.05, 4.69) is 21.3 Å². The quantitative estimate of drug-likeness (QED) is 0.453. The second-order valence-electron chi connectivity index (χ2n) is 0.688. The molecule has 0 fully saturated rings. The van der Waals surface area contributed by atoms with Gasteiger partial charge in [-0.2, -0.15) is 10.5 Å². The molecule has 0 radical (unpaired) electrons. The van der Waals surface area contributed by atoms with Gasteiger partial charge in [0, 0.05) is 0 Å². The van der Waals surface area contributed by atoms with E-state index in [4.69, 9.17) is 0 Å². The van der Waals surface area contributed by atoms with Crippen LogP contribution in [0, 0.1) is 0 Å². The van der Waals surface area contributed by atoms with Crippen LogP contribution in [-0.4, -0.2) is 6.67 Å². The molecule has 0 aliphatic carbocycles. The highest BCUT2D eigenvalue weighted by Gasteiger charge is 1.81. The van der Waals surface area contributed by atoms with Crippen molar-refractivity contribution in [3.63, 3.8) is 0 Å². The van der Waals surface area contributed by atoms with Crippen molar-refractivity contribution in [2.75, 3.05) is 6.67 Å². The monoisotopic (exact) mass is 108 g/mol. The molecule has 1 heterocycles. The van der Waals surface area contributed by atoms with Crippen molar-refractivity contribution in [2.24, 2.45) is 10.3 Å². The smallest absolute Gasteiger partial charge is 0.130 e. The van der Waals surface area contributed by atoms with Gasteiger partial charge in [0.05, 0.1) is 0 Å². The summed E-state index contributed by atoms with van der Waals surface area (Å²) >= 11 is 0. The highest BCUT2D eigenvalue weighted by molar-refractivity contribution is 5.85. The minimum Gasteiger partial charge on any atom is -0.223 e. The Labute approximate surface area is 41.4 Å². The van der Waals surface area contributed by atoms with Crippen LogP contribution in [0.15, 0.2) is 10.3 Å². The van der Waals surface area contributed by atoms with Crippen LogP contribution >= 0.6 is 12.4 Å². The van der Waals surface area contributed by atoms with Crippen molar-refractivity contribution in [1.29, 1.82) is 0 Å². The van der Waals surface area contributed by atoms with Crippen LogP contribution in [-0.2, 0) is 0 Å². The molecule has 1 aliphatic heterocycles. The van der Waals surface area contributed by atoms with E-state index in [0.29, 0.717) is 6.67 Å². The molecule has 0 unspecified atom stereocenters. The molecule has 1 rings (SSSR count). The zero-order chi connectivity index (χ0) is 3.54. The maximum absolute atomic E-state index is 3.49. The summed E-state index contributed by atoms with van der Waals surface area (Å²) in [6.45, 7) is 0.597. The van der Waals surface area contributed by atoms with Crippen molar-refractivity contribution < 1.29 is 0 Å². The molecule has 0 aromatic heterocycles. The fourth-order valence-corrected chi connectivity index (χ4v) is 0.177. The first-order valence-electron chi connectivity index (χ1n) is 1.34. The van der Waals surface area contributed by atoms with Crippen molar-refractivity contribution in [3.8, 4) is 0 Å². The standard InChI is InChI=1S/CH4N4.ClH/c1-2-4-5-3-1;/h1H2,(H,2,5)(H,3,4);1H. The van der Waals surface area contributed by atoms with Gasteiger partial charge in [-0.05, 0) is 0 Å². The van der Waals surface area contributed by atoms with E-state index in [-0.39, 0.29) is 12.4 Å². The number of hydrazine groups is 1. The van der Waals surface area contributed by atoms with E-state index in [9.17, 15) is 0 Å². The summed E-state index contributed by atoms with van der Waals surface area (Å²) in [6.07, 6.45) is 0. The molecule has 1 aliphatic rings. The van der Waals surface area contributed by atoms with Crippen LogP contribution in [0.5, 0.6) is 0 Å². The van der Waals surface area contributed by atoms with E-state index in [0.717, 1.165) is 0 Å². The number of halogens is 1. The van der Waals surface area contributed by atoms with Gasteiger partial charge >= 0.3 is 0 Å². The van der Waals surface area contributed by atoms with Gasteiger partial charge in [-0.25, -0.2) is 5.53 Å². The van der Waals surface area contributed by atoms with Crippen molar-refractivity contribution in [1.82, 2.24) is 11.0 Å².